The van der Waals surface area contributed by atoms with Crippen LogP contribution >= 0.6 is 0 Å². The number of unbranched alkanes of at least 4 members (excludes halogenated alkanes) is 2. The second-order valence-corrected chi connectivity index (χ2v) is 5.78. The number of carboxylic acids is 1. The standard InChI is InChI=1S/C21H23NO3/c23-20(22-16-8-2-5-13-21(24)25)15-14-18-11-6-7-12-19(18)17-9-3-1-4-10-17/h1,3-4,6-7,9-12,14-15H,2,5,8,13,16H2,(H,22,23)(H,24,25). The lowest BCUT2D eigenvalue weighted by Gasteiger charge is -2.06. The lowest BCUT2D eigenvalue weighted by molar-refractivity contribution is -0.137. The molecule has 2 aromatic carbocycles. The van der Waals surface area contributed by atoms with Gasteiger partial charge in [-0.25, -0.2) is 0 Å². The summed E-state index contributed by atoms with van der Waals surface area (Å²) in [7, 11) is 0. The number of carboxylic acid groups (broad SMARTS) is 1. The third-order valence-electron chi connectivity index (χ3n) is 3.83. The van der Waals surface area contributed by atoms with E-state index in [0.29, 0.717) is 13.0 Å². The summed E-state index contributed by atoms with van der Waals surface area (Å²) < 4.78 is 0. The van der Waals surface area contributed by atoms with Crippen molar-refractivity contribution in [3.05, 3.63) is 66.2 Å². The van der Waals surface area contributed by atoms with E-state index in [9.17, 15) is 9.59 Å². The van der Waals surface area contributed by atoms with Crippen molar-refractivity contribution in [2.24, 2.45) is 0 Å². The van der Waals surface area contributed by atoms with E-state index in [0.717, 1.165) is 29.5 Å². The van der Waals surface area contributed by atoms with Crippen LogP contribution in [0.5, 0.6) is 0 Å². The van der Waals surface area contributed by atoms with Gasteiger partial charge in [-0.15, -0.1) is 0 Å². The molecule has 0 spiro atoms. The molecular weight excluding hydrogens is 314 g/mol. The molecule has 2 N–H and O–H groups in total. The van der Waals surface area contributed by atoms with E-state index in [-0.39, 0.29) is 12.3 Å². The average molecular weight is 337 g/mol. The summed E-state index contributed by atoms with van der Waals surface area (Å²) in [6.45, 7) is 0.559. The summed E-state index contributed by atoms with van der Waals surface area (Å²) in [5.74, 6) is -0.912. The molecule has 0 atom stereocenters. The van der Waals surface area contributed by atoms with E-state index in [4.69, 9.17) is 5.11 Å². The van der Waals surface area contributed by atoms with Crippen molar-refractivity contribution in [2.45, 2.75) is 25.7 Å². The third-order valence-corrected chi connectivity index (χ3v) is 3.83. The normalized spacial score (nSPS) is 10.7. The Balaban J connectivity index is 1.85. The first-order valence-electron chi connectivity index (χ1n) is 8.49. The fourth-order valence-electron chi connectivity index (χ4n) is 2.54. The van der Waals surface area contributed by atoms with Crippen LogP contribution in [0.3, 0.4) is 0 Å². The first kappa shape index (κ1) is 18.5. The molecule has 25 heavy (non-hydrogen) atoms. The fraction of sp³-hybridized carbons (Fsp3) is 0.238. The van der Waals surface area contributed by atoms with Crippen molar-refractivity contribution >= 4 is 18.0 Å². The van der Waals surface area contributed by atoms with Crippen LogP contribution in [0, 0.1) is 0 Å². The van der Waals surface area contributed by atoms with Crippen molar-refractivity contribution in [3.8, 4) is 11.1 Å². The molecule has 0 aliphatic heterocycles. The Bertz CT molecular complexity index is 723. The molecule has 2 rings (SSSR count). The molecule has 0 aliphatic carbocycles. The Kier molecular flexibility index (Phi) is 7.44. The molecule has 1 amide bonds. The monoisotopic (exact) mass is 337 g/mol. The zero-order valence-corrected chi connectivity index (χ0v) is 14.2. The van der Waals surface area contributed by atoms with E-state index >= 15 is 0 Å². The number of amides is 1. The van der Waals surface area contributed by atoms with Gasteiger partial charge in [-0.3, -0.25) is 9.59 Å². The molecule has 0 aliphatic rings. The molecular formula is C21H23NO3. The summed E-state index contributed by atoms with van der Waals surface area (Å²) in [6, 6.07) is 18.0. The summed E-state index contributed by atoms with van der Waals surface area (Å²) in [6.07, 6.45) is 5.78. The first-order valence-corrected chi connectivity index (χ1v) is 8.49. The molecule has 0 aromatic heterocycles. The highest BCUT2D eigenvalue weighted by Gasteiger charge is 2.02. The van der Waals surface area contributed by atoms with Crippen LogP contribution in [-0.4, -0.2) is 23.5 Å². The van der Waals surface area contributed by atoms with Crippen LogP contribution in [0.2, 0.25) is 0 Å². The number of hydrogen-bond acceptors (Lipinski definition) is 2. The number of benzene rings is 2. The van der Waals surface area contributed by atoms with Crippen LogP contribution in [0.1, 0.15) is 31.2 Å². The van der Waals surface area contributed by atoms with Crippen molar-refractivity contribution in [3.63, 3.8) is 0 Å². The van der Waals surface area contributed by atoms with Gasteiger partial charge in [0.2, 0.25) is 5.91 Å². The highest BCUT2D eigenvalue weighted by Crippen LogP contribution is 2.24. The molecule has 130 valence electrons. The highest BCUT2D eigenvalue weighted by molar-refractivity contribution is 5.93. The van der Waals surface area contributed by atoms with E-state index < -0.39 is 5.97 Å². The Hall–Kier alpha value is -2.88. The Morgan fingerprint density at radius 2 is 1.64 bits per heavy atom. The Morgan fingerprint density at radius 3 is 2.40 bits per heavy atom. The minimum Gasteiger partial charge on any atom is -0.481 e. The van der Waals surface area contributed by atoms with Gasteiger partial charge in [0.25, 0.3) is 0 Å². The fourth-order valence-corrected chi connectivity index (χ4v) is 2.54. The molecule has 0 heterocycles. The molecule has 2 aromatic rings. The predicted octanol–water partition coefficient (Wildman–Crippen LogP) is 4.13. The van der Waals surface area contributed by atoms with Crippen LogP contribution in [0.15, 0.2) is 60.7 Å². The van der Waals surface area contributed by atoms with Gasteiger partial charge in [-0.1, -0.05) is 61.0 Å². The van der Waals surface area contributed by atoms with Gasteiger partial charge in [0, 0.05) is 19.0 Å². The van der Waals surface area contributed by atoms with Gasteiger partial charge in [0.1, 0.15) is 0 Å². The maximum atomic E-state index is 11.9. The van der Waals surface area contributed by atoms with E-state index in [1.807, 2.05) is 60.7 Å². The Morgan fingerprint density at radius 1 is 0.920 bits per heavy atom. The maximum absolute atomic E-state index is 11.9. The average Bonchev–Trinajstić information content (AvgIpc) is 2.63. The van der Waals surface area contributed by atoms with Gasteiger partial charge in [0.15, 0.2) is 0 Å². The Labute approximate surface area is 148 Å². The van der Waals surface area contributed by atoms with Crippen LogP contribution in [0.4, 0.5) is 0 Å². The van der Waals surface area contributed by atoms with Crippen molar-refractivity contribution < 1.29 is 14.7 Å². The largest absolute Gasteiger partial charge is 0.481 e. The number of carbonyl (C=O) groups is 2. The van der Waals surface area contributed by atoms with Gasteiger partial charge in [-0.2, -0.15) is 0 Å². The molecule has 4 heteroatoms. The molecule has 0 saturated carbocycles. The second kappa shape index (κ2) is 10.1. The van der Waals surface area contributed by atoms with Gasteiger partial charge in [-0.05, 0) is 35.6 Å². The zero-order valence-electron chi connectivity index (χ0n) is 14.2. The minimum atomic E-state index is -0.774. The lowest BCUT2D eigenvalue weighted by Crippen LogP contribution is -2.22. The van der Waals surface area contributed by atoms with E-state index in [2.05, 4.69) is 5.32 Å². The SMILES string of the molecule is O=C(O)CCCCCNC(=O)C=Cc1ccccc1-c1ccccc1. The second-order valence-electron chi connectivity index (χ2n) is 5.78. The topological polar surface area (TPSA) is 66.4 Å². The quantitative estimate of drug-likeness (QED) is 0.534. The first-order chi connectivity index (χ1) is 12.2. The van der Waals surface area contributed by atoms with Gasteiger partial charge >= 0.3 is 5.97 Å². The third kappa shape index (κ3) is 6.63. The van der Waals surface area contributed by atoms with Crippen LogP contribution in [0.25, 0.3) is 17.2 Å². The summed E-state index contributed by atoms with van der Waals surface area (Å²) in [4.78, 5) is 22.3. The van der Waals surface area contributed by atoms with Crippen LogP contribution < -0.4 is 5.32 Å². The van der Waals surface area contributed by atoms with E-state index in [1.165, 1.54) is 0 Å². The highest BCUT2D eigenvalue weighted by atomic mass is 16.4. The number of hydrogen-bond donors (Lipinski definition) is 2. The number of rotatable bonds is 9. The molecule has 0 fully saturated rings. The number of aliphatic carboxylic acids is 1. The summed E-state index contributed by atoms with van der Waals surface area (Å²) in [5.41, 5.74) is 3.19. The van der Waals surface area contributed by atoms with Crippen LogP contribution in [-0.2, 0) is 9.59 Å². The summed E-state index contributed by atoms with van der Waals surface area (Å²) in [5, 5.41) is 11.4. The summed E-state index contributed by atoms with van der Waals surface area (Å²) >= 11 is 0. The number of carbonyl (C=O) groups excluding carboxylic acids is 1. The van der Waals surface area contributed by atoms with Gasteiger partial charge < -0.3 is 10.4 Å². The van der Waals surface area contributed by atoms with Crippen molar-refractivity contribution in [1.82, 2.24) is 5.32 Å². The minimum absolute atomic E-state index is 0.138. The molecule has 0 saturated heterocycles. The van der Waals surface area contributed by atoms with Gasteiger partial charge in [0.05, 0.1) is 0 Å². The smallest absolute Gasteiger partial charge is 0.303 e. The zero-order chi connectivity index (χ0) is 17.9. The maximum Gasteiger partial charge on any atom is 0.303 e. The predicted molar refractivity (Wildman–Crippen MR) is 100 cm³/mol. The molecule has 0 radical (unpaired) electrons. The lowest BCUT2D eigenvalue weighted by atomic mass is 9.99. The van der Waals surface area contributed by atoms with Crippen molar-refractivity contribution in [2.75, 3.05) is 6.54 Å². The molecule has 0 unspecified atom stereocenters. The molecule has 0 bridgehead atoms. The molecule has 4 nitrogen and oxygen atoms in total. The van der Waals surface area contributed by atoms with Crippen molar-refractivity contribution in [1.29, 1.82) is 0 Å². The van der Waals surface area contributed by atoms with E-state index in [1.54, 1.807) is 6.08 Å². The number of nitrogens with one attached hydrogen (secondary N) is 1.